The number of rotatable bonds is 4. The van der Waals surface area contributed by atoms with Crippen molar-refractivity contribution in [3.63, 3.8) is 0 Å². The van der Waals surface area contributed by atoms with E-state index in [1.165, 1.54) is 22.0 Å². The van der Waals surface area contributed by atoms with Crippen LogP contribution in [0, 0.1) is 11.7 Å². The van der Waals surface area contributed by atoms with Gasteiger partial charge in [0, 0.05) is 25.4 Å². The number of hydrazone groups is 1. The van der Waals surface area contributed by atoms with Crippen molar-refractivity contribution in [3.05, 3.63) is 35.6 Å². The summed E-state index contributed by atoms with van der Waals surface area (Å²) in [7, 11) is 0. The second kappa shape index (κ2) is 7.23. The Kier molecular flexibility index (Phi) is 5.01. The molecule has 2 aliphatic rings. The fraction of sp³-hybridized carbons (Fsp3) is 0.444. The maximum atomic E-state index is 13.0. The molecular weight excluding hydrogens is 341 g/mol. The molecule has 2 heterocycles. The van der Waals surface area contributed by atoms with Crippen LogP contribution in [0.15, 0.2) is 29.4 Å². The molecule has 1 fully saturated rings. The molecule has 1 aromatic carbocycles. The van der Waals surface area contributed by atoms with Crippen molar-refractivity contribution in [1.29, 1.82) is 0 Å². The van der Waals surface area contributed by atoms with Gasteiger partial charge in [-0.25, -0.2) is 9.40 Å². The van der Waals surface area contributed by atoms with Crippen LogP contribution >= 0.6 is 0 Å². The predicted molar refractivity (Wildman–Crippen MR) is 90.5 cm³/mol. The Bertz CT molecular complexity index is 762. The average molecular weight is 361 g/mol. The molecule has 0 bridgehead atoms. The highest BCUT2D eigenvalue weighted by molar-refractivity contribution is 6.39. The lowest BCUT2D eigenvalue weighted by atomic mass is 10.0. The van der Waals surface area contributed by atoms with Crippen molar-refractivity contribution in [3.8, 4) is 0 Å². The summed E-state index contributed by atoms with van der Waals surface area (Å²) in [6.07, 6.45) is 0.808. The van der Waals surface area contributed by atoms with Crippen LogP contribution in [0.25, 0.3) is 0 Å². The van der Waals surface area contributed by atoms with Gasteiger partial charge in [0.2, 0.25) is 5.91 Å². The van der Waals surface area contributed by atoms with Gasteiger partial charge >= 0.3 is 5.97 Å². The summed E-state index contributed by atoms with van der Waals surface area (Å²) in [5.41, 5.74) is 0.960. The van der Waals surface area contributed by atoms with Crippen molar-refractivity contribution >= 4 is 23.5 Å². The van der Waals surface area contributed by atoms with Gasteiger partial charge in [-0.1, -0.05) is 12.1 Å². The van der Waals surface area contributed by atoms with Crippen LogP contribution in [0.1, 0.15) is 31.7 Å². The number of amides is 2. The summed E-state index contributed by atoms with van der Waals surface area (Å²) in [5, 5.41) is 14.6. The predicted octanol–water partition coefficient (Wildman–Crippen LogP) is 1.63. The van der Waals surface area contributed by atoms with Gasteiger partial charge in [0.1, 0.15) is 11.5 Å². The molecule has 2 atom stereocenters. The number of carbonyl (C=O) groups is 3. The molecule has 0 aromatic heterocycles. The Hall–Kier alpha value is -2.77. The van der Waals surface area contributed by atoms with Crippen LogP contribution in [0.2, 0.25) is 0 Å². The molecule has 2 aliphatic heterocycles. The second-order valence-electron chi connectivity index (χ2n) is 6.60. The number of aliphatic carboxylic acids is 1. The molecule has 1 saturated heterocycles. The van der Waals surface area contributed by atoms with E-state index in [9.17, 15) is 23.9 Å². The number of carboxylic acid groups (broad SMARTS) is 1. The number of carboxylic acids is 1. The quantitative estimate of drug-likeness (QED) is 0.882. The first-order valence-electron chi connectivity index (χ1n) is 8.53. The molecule has 1 N–H and O–H groups in total. The van der Waals surface area contributed by atoms with E-state index in [-0.39, 0.29) is 42.7 Å². The van der Waals surface area contributed by atoms with Gasteiger partial charge in [-0.15, -0.1) is 0 Å². The van der Waals surface area contributed by atoms with Gasteiger partial charge in [0.25, 0.3) is 5.91 Å². The van der Waals surface area contributed by atoms with E-state index in [0.29, 0.717) is 18.5 Å². The van der Waals surface area contributed by atoms with Crippen LogP contribution in [0.3, 0.4) is 0 Å². The van der Waals surface area contributed by atoms with Crippen LogP contribution in [0.5, 0.6) is 0 Å². The van der Waals surface area contributed by atoms with Crippen LogP contribution in [0.4, 0.5) is 4.39 Å². The molecule has 138 valence electrons. The minimum Gasteiger partial charge on any atom is -0.481 e. The third-order valence-corrected chi connectivity index (χ3v) is 4.93. The lowest BCUT2D eigenvalue weighted by molar-refractivity contribution is -0.142. The first-order valence-corrected chi connectivity index (χ1v) is 8.53. The van der Waals surface area contributed by atoms with Crippen LogP contribution in [-0.2, 0) is 20.9 Å². The molecule has 0 saturated carbocycles. The second-order valence-corrected chi connectivity index (χ2v) is 6.60. The Balaban J connectivity index is 1.74. The minimum absolute atomic E-state index is 0.156. The SMILES string of the molecule is CC1C(C(=O)O)CCN1C(=O)C1=NN(Cc2ccc(F)cc2)C(=O)CC1. The number of nitrogens with zero attached hydrogens (tertiary/aromatic N) is 3. The van der Waals surface area contributed by atoms with Gasteiger partial charge < -0.3 is 10.0 Å². The van der Waals surface area contributed by atoms with Crippen molar-refractivity contribution < 1.29 is 23.9 Å². The van der Waals surface area contributed by atoms with Gasteiger partial charge in [-0.3, -0.25) is 14.4 Å². The van der Waals surface area contributed by atoms with E-state index in [0.717, 1.165) is 0 Å². The van der Waals surface area contributed by atoms with Gasteiger partial charge in [-0.2, -0.15) is 5.10 Å². The lowest BCUT2D eigenvalue weighted by Gasteiger charge is -2.28. The zero-order chi connectivity index (χ0) is 18.8. The fourth-order valence-electron chi connectivity index (χ4n) is 3.36. The number of benzene rings is 1. The maximum absolute atomic E-state index is 13.0. The molecule has 3 rings (SSSR count). The van der Waals surface area contributed by atoms with Crippen molar-refractivity contribution in [2.45, 2.75) is 38.8 Å². The number of likely N-dealkylation sites (tertiary alicyclic amines) is 1. The smallest absolute Gasteiger partial charge is 0.308 e. The third-order valence-electron chi connectivity index (χ3n) is 4.93. The molecule has 7 nitrogen and oxygen atoms in total. The first-order chi connectivity index (χ1) is 12.4. The number of hydrogen-bond donors (Lipinski definition) is 1. The molecule has 0 spiro atoms. The van der Waals surface area contributed by atoms with E-state index >= 15 is 0 Å². The molecule has 2 amide bonds. The molecule has 26 heavy (non-hydrogen) atoms. The Labute approximate surface area is 150 Å². The monoisotopic (exact) mass is 361 g/mol. The summed E-state index contributed by atoms with van der Waals surface area (Å²) in [5.74, 6) is -2.39. The van der Waals surface area contributed by atoms with Gasteiger partial charge in [0.15, 0.2) is 0 Å². The summed E-state index contributed by atoms with van der Waals surface area (Å²) < 4.78 is 13.0. The summed E-state index contributed by atoms with van der Waals surface area (Å²) >= 11 is 0. The molecular formula is C18H20FN3O4. The summed E-state index contributed by atoms with van der Waals surface area (Å²) in [6.45, 7) is 2.24. The third kappa shape index (κ3) is 3.58. The Morgan fingerprint density at radius 1 is 1.27 bits per heavy atom. The number of halogens is 1. The van der Waals surface area contributed by atoms with E-state index in [1.807, 2.05) is 0 Å². The zero-order valence-electron chi connectivity index (χ0n) is 14.4. The van der Waals surface area contributed by atoms with Gasteiger partial charge in [0.05, 0.1) is 12.5 Å². The van der Waals surface area contributed by atoms with Crippen molar-refractivity contribution in [2.75, 3.05) is 6.54 Å². The highest BCUT2D eigenvalue weighted by Crippen LogP contribution is 2.26. The standard InChI is InChI=1S/C18H20FN3O4/c1-11-14(18(25)26)8-9-21(11)17(24)15-6-7-16(23)22(20-15)10-12-2-4-13(19)5-3-12/h2-5,11,14H,6-10H2,1H3,(H,25,26). The summed E-state index contributed by atoms with van der Waals surface area (Å²) in [6, 6.07) is 5.32. The number of carbonyl (C=O) groups excluding carboxylic acids is 2. The minimum atomic E-state index is -0.911. The van der Waals surface area contributed by atoms with E-state index in [2.05, 4.69) is 5.10 Å². The van der Waals surface area contributed by atoms with Gasteiger partial charge in [-0.05, 0) is 31.0 Å². The van der Waals surface area contributed by atoms with Crippen LogP contribution < -0.4 is 0 Å². The maximum Gasteiger partial charge on any atom is 0.308 e. The van der Waals surface area contributed by atoms with E-state index < -0.39 is 17.9 Å². The first kappa shape index (κ1) is 18.0. The molecule has 2 unspecified atom stereocenters. The largest absolute Gasteiger partial charge is 0.481 e. The number of hydrogen-bond acceptors (Lipinski definition) is 4. The van der Waals surface area contributed by atoms with E-state index in [4.69, 9.17) is 0 Å². The molecule has 1 aromatic rings. The van der Waals surface area contributed by atoms with Crippen molar-refractivity contribution in [2.24, 2.45) is 11.0 Å². The molecule has 0 radical (unpaired) electrons. The fourth-order valence-corrected chi connectivity index (χ4v) is 3.36. The van der Waals surface area contributed by atoms with Crippen LogP contribution in [-0.4, -0.2) is 51.1 Å². The highest BCUT2D eigenvalue weighted by Gasteiger charge is 2.40. The van der Waals surface area contributed by atoms with Crippen molar-refractivity contribution in [1.82, 2.24) is 9.91 Å². The molecule has 0 aliphatic carbocycles. The Morgan fingerprint density at radius 2 is 1.96 bits per heavy atom. The zero-order valence-corrected chi connectivity index (χ0v) is 14.4. The Morgan fingerprint density at radius 3 is 2.58 bits per heavy atom. The molecule has 8 heteroatoms. The average Bonchev–Trinajstić information content (AvgIpc) is 3.00. The topological polar surface area (TPSA) is 90.3 Å². The van der Waals surface area contributed by atoms with E-state index in [1.54, 1.807) is 19.1 Å². The normalized spacial score (nSPS) is 23.2. The summed E-state index contributed by atoms with van der Waals surface area (Å²) in [4.78, 5) is 37.6. The lowest BCUT2D eigenvalue weighted by Crippen LogP contribution is -2.44. The highest BCUT2D eigenvalue weighted by atomic mass is 19.1.